The number of alkyl halides is 4. The quantitative estimate of drug-likeness (QED) is 0.473. The zero-order valence-corrected chi connectivity index (χ0v) is 9.10. The highest BCUT2D eigenvalue weighted by atomic mass is 19.3. The van der Waals surface area contributed by atoms with Gasteiger partial charge in [0.2, 0.25) is 5.78 Å². The van der Waals surface area contributed by atoms with Crippen LogP contribution in [-0.4, -0.2) is 23.9 Å². The summed E-state index contributed by atoms with van der Waals surface area (Å²) >= 11 is 0. The second-order valence-electron chi connectivity index (χ2n) is 3.60. The van der Waals surface area contributed by atoms with Gasteiger partial charge in [-0.1, -0.05) is 0 Å². The van der Waals surface area contributed by atoms with Gasteiger partial charge in [0.05, 0.1) is 6.42 Å². The van der Waals surface area contributed by atoms with Crippen molar-refractivity contribution >= 4 is 11.6 Å². The molecule has 0 fully saturated rings. The number of carbonyl (C=O) groups excluding carboxylic acids is 2. The van der Waals surface area contributed by atoms with Gasteiger partial charge in [-0.3, -0.25) is 9.59 Å². The van der Waals surface area contributed by atoms with Crippen LogP contribution in [0.15, 0.2) is 18.2 Å². The van der Waals surface area contributed by atoms with E-state index in [9.17, 15) is 35.9 Å². The van der Waals surface area contributed by atoms with Gasteiger partial charge < -0.3 is 0 Å². The van der Waals surface area contributed by atoms with E-state index in [0.29, 0.717) is 18.2 Å². The molecule has 0 radical (unpaired) electrons. The van der Waals surface area contributed by atoms with Crippen LogP contribution in [0.5, 0.6) is 0 Å². The van der Waals surface area contributed by atoms with Crippen LogP contribution in [0.3, 0.4) is 0 Å². The number of hydrogen-bond acceptors (Lipinski definition) is 2. The van der Waals surface area contributed by atoms with Crippen molar-refractivity contribution in [2.75, 3.05) is 0 Å². The van der Waals surface area contributed by atoms with E-state index in [1.807, 2.05) is 0 Å². The van der Waals surface area contributed by atoms with E-state index in [1.165, 1.54) is 0 Å². The molecule has 0 bridgehead atoms. The molecule has 1 aromatic carbocycles. The van der Waals surface area contributed by atoms with Crippen LogP contribution in [0.2, 0.25) is 0 Å². The third-order valence-corrected chi connectivity index (χ3v) is 2.15. The third kappa shape index (κ3) is 3.55. The second kappa shape index (κ2) is 5.41. The smallest absolute Gasteiger partial charge is 0.294 e. The minimum Gasteiger partial charge on any atom is -0.294 e. The van der Waals surface area contributed by atoms with Gasteiger partial charge in [0, 0.05) is 11.6 Å². The molecule has 104 valence electrons. The Hall–Kier alpha value is -1.86. The summed E-state index contributed by atoms with van der Waals surface area (Å²) in [7, 11) is 0. The minimum absolute atomic E-state index is 0.423. The Bertz CT molecular complexity index is 492. The summed E-state index contributed by atoms with van der Waals surface area (Å²) in [5.74, 6) is -11.0. The van der Waals surface area contributed by atoms with Crippen molar-refractivity contribution in [3.8, 4) is 0 Å². The first kappa shape index (κ1) is 15.2. The lowest BCUT2D eigenvalue weighted by atomic mass is 10.0. The average molecular weight is 284 g/mol. The van der Waals surface area contributed by atoms with Crippen molar-refractivity contribution in [3.05, 3.63) is 35.4 Å². The van der Waals surface area contributed by atoms with Crippen molar-refractivity contribution in [2.24, 2.45) is 0 Å². The van der Waals surface area contributed by atoms with E-state index in [2.05, 4.69) is 0 Å². The number of halogens is 6. The Kier molecular flexibility index (Phi) is 4.33. The van der Waals surface area contributed by atoms with E-state index in [0.717, 1.165) is 0 Å². The van der Waals surface area contributed by atoms with E-state index in [1.54, 1.807) is 0 Å². The van der Waals surface area contributed by atoms with E-state index < -0.39 is 47.5 Å². The molecule has 8 heteroatoms. The normalized spacial score (nSPS) is 11.7. The molecule has 0 aliphatic rings. The van der Waals surface area contributed by atoms with Crippen molar-refractivity contribution < 1.29 is 35.9 Å². The molecule has 0 amide bonds. The van der Waals surface area contributed by atoms with Gasteiger partial charge in [-0.25, -0.2) is 17.6 Å². The summed E-state index contributed by atoms with van der Waals surface area (Å²) in [5, 5.41) is 0. The maximum atomic E-state index is 12.7. The van der Waals surface area contributed by atoms with E-state index in [4.69, 9.17) is 0 Å². The fourth-order valence-electron chi connectivity index (χ4n) is 1.20. The second-order valence-corrected chi connectivity index (χ2v) is 3.60. The van der Waals surface area contributed by atoms with Crippen molar-refractivity contribution in [1.29, 1.82) is 0 Å². The summed E-state index contributed by atoms with van der Waals surface area (Å²) in [5.41, 5.74) is -0.684. The van der Waals surface area contributed by atoms with Crippen LogP contribution in [0.25, 0.3) is 0 Å². The van der Waals surface area contributed by atoms with Gasteiger partial charge >= 0.3 is 12.3 Å². The van der Waals surface area contributed by atoms with Crippen molar-refractivity contribution in [1.82, 2.24) is 0 Å². The molecule has 1 aromatic rings. The van der Waals surface area contributed by atoms with E-state index in [-0.39, 0.29) is 0 Å². The SMILES string of the molecule is O=C(CC(=O)C(F)(F)C(F)F)c1cc(F)cc(F)c1. The topological polar surface area (TPSA) is 34.1 Å². The molecule has 0 spiro atoms. The lowest BCUT2D eigenvalue weighted by Gasteiger charge is -2.13. The number of carbonyl (C=O) groups is 2. The maximum absolute atomic E-state index is 12.7. The first-order valence-corrected chi connectivity index (χ1v) is 4.83. The summed E-state index contributed by atoms with van der Waals surface area (Å²) in [6.45, 7) is 0. The van der Waals surface area contributed by atoms with Gasteiger partial charge in [-0.15, -0.1) is 0 Å². The highest BCUT2D eigenvalue weighted by Crippen LogP contribution is 2.26. The fraction of sp³-hybridized carbons (Fsp3) is 0.273. The molecule has 0 aliphatic heterocycles. The minimum atomic E-state index is -4.97. The zero-order valence-electron chi connectivity index (χ0n) is 9.10. The molecule has 0 aromatic heterocycles. The molecule has 2 nitrogen and oxygen atoms in total. The molecule has 0 heterocycles. The van der Waals surface area contributed by atoms with Crippen LogP contribution in [0, 0.1) is 11.6 Å². The maximum Gasteiger partial charge on any atom is 0.364 e. The van der Waals surface area contributed by atoms with Crippen LogP contribution in [0.4, 0.5) is 26.3 Å². The number of hydrogen-bond donors (Lipinski definition) is 0. The molecule has 0 N–H and O–H groups in total. The number of benzene rings is 1. The van der Waals surface area contributed by atoms with Gasteiger partial charge in [-0.2, -0.15) is 8.78 Å². The zero-order chi connectivity index (χ0) is 14.8. The molecule has 0 saturated heterocycles. The molecule has 0 saturated carbocycles. The number of rotatable bonds is 5. The first-order chi connectivity index (χ1) is 8.64. The Balaban J connectivity index is 2.89. The Morgan fingerprint density at radius 1 is 1.05 bits per heavy atom. The number of ketones is 2. The molecule has 0 unspecified atom stereocenters. The largest absolute Gasteiger partial charge is 0.364 e. The highest BCUT2D eigenvalue weighted by Gasteiger charge is 2.48. The first-order valence-electron chi connectivity index (χ1n) is 4.83. The molecule has 19 heavy (non-hydrogen) atoms. The molecular weight excluding hydrogens is 278 g/mol. The fourth-order valence-corrected chi connectivity index (χ4v) is 1.20. The third-order valence-electron chi connectivity index (χ3n) is 2.15. The Labute approximate surface area is 103 Å². The monoisotopic (exact) mass is 284 g/mol. The van der Waals surface area contributed by atoms with Crippen LogP contribution in [0.1, 0.15) is 16.8 Å². The van der Waals surface area contributed by atoms with Gasteiger partial charge in [0.15, 0.2) is 5.78 Å². The highest BCUT2D eigenvalue weighted by molar-refractivity contribution is 6.10. The van der Waals surface area contributed by atoms with Crippen LogP contribution >= 0.6 is 0 Å². The average Bonchev–Trinajstić information content (AvgIpc) is 2.27. The van der Waals surface area contributed by atoms with Crippen LogP contribution < -0.4 is 0 Å². The molecular formula is C11H6F6O2. The Morgan fingerprint density at radius 3 is 1.95 bits per heavy atom. The van der Waals surface area contributed by atoms with Gasteiger partial charge in [-0.05, 0) is 12.1 Å². The van der Waals surface area contributed by atoms with Crippen LogP contribution in [-0.2, 0) is 4.79 Å². The van der Waals surface area contributed by atoms with Crippen molar-refractivity contribution in [3.63, 3.8) is 0 Å². The van der Waals surface area contributed by atoms with Gasteiger partial charge in [0.1, 0.15) is 11.6 Å². The standard InChI is InChI=1S/C11H6F6O2/c12-6-1-5(2-7(13)3-6)8(18)4-9(19)11(16,17)10(14)15/h1-3,10H,4H2. The Morgan fingerprint density at radius 2 is 1.53 bits per heavy atom. The molecule has 0 aliphatic carbocycles. The summed E-state index contributed by atoms with van der Waals surface area (Å²) in [6.07, 6.45) is -5.82. The summed E-state index contributed by atoms with van der Waals surface area (Å²) < 4.78 is 74.3. The molecule has 0 atom stereocenters. The molecule has 1 rings (SSSR count). The number of Topliss-reactive ketones (excluding diaryl/α,β-unsaturated/α-hetero) is 2. The predicted octanol–water partition coefficient (Wildman–Crippen LogP) is 3.01. The summed E-state index contributed by atoms with van der Waals surface area (Å²) in [4.78, 5) is 22.1. The summed E-state index contributed by atoms with van der Waals surface area (Å²) in [6, 6.07) is 1.45. The lowest BCUT2D eigenvalue weighted by molar-refractivity contribution is -0.166. The van der Waals surface area contributed by atoms with E-state index >= 15 is 0 Å². The predicted molar refractivity (Wildman–Crippen MR) is 51.3 cm³/mol. The van der Waals surface area contributed by atoms with Crippen molar-refractivity contribution in [2.45, 2.75) is 18.8 Å². The van der Waals surface area contributed by atoms with Gasteiger partial charge in [0.25, 0.3) is 0 Å². The lowest BCUT2D eigenvalue weighted by Crippen LogP contribution is -2.37.